The van der Waals surface area contributed by atoms with Gasteiger partial charge in [0.05, 0.1) is 13.2 Å². The van der Waals surface area contributed by atoms with Gasteiger partial charge in [0.2, 0.25) is 5.91 Å². The molecule has 0 spiro atoms. The summed E-state index contributed by atoms with van der Waals surface area (Å²) < 4.78 is 11.2. The molecule has 1 aromatic carbocycles. The summed E-state index contributed by atoms with van der Waals surface area (Å²) in [5.74, 6) is 1.06. The first-order chi connectivity index (χ1) is 14.1. The standard InChI is InChI=1S/C23H34N2O4/c1-3-21(29-20-6-4-5-7-20)23(27)25-16-14-24(15-17-25)22(26)13-10-18-8-11-19(28-2)12-9-18/h8-9,11-12,20-21H,3-7,10,13-17H2,1-2H3. The molecule has 0 bridgehead atoms. The summed E-state index contributed by atoms with van der Waals surface area (Å²) in [4.78, 5) is 29.2. The van der Waals surface area contributed by atoms with Crippen LogP contribution in [-0.2, 0) is 20.7 Å². The van der Waals surface area contributed by atoms with Crippen LogP contribution in [0.4, 0.5) is 0 Å². The average Bonchev–Trinajstić information content (AvgIpc) is 3.29. The third kappa shape index (κ3) is 5.95. The van der Waals surface area contributed by atoms with E-state index >= 15 is 0 Å². The van der Waals surface area contributed by atoms with E-state index in [4.69, 9.17) is 9.47 Å². The minimum atomic E-state index is -0.338. The Kier molecular flexibility index (Phi) is 7.92. The Balaban J connectivity index is 1.42. The van der Waals surface area contributed by atoms with Crippen LogP contribution in [0.5, 0.6) is 5.75 Å². The second-order valence-electron chi connectivity index (χ2n) is 7.99. The Labute approximate surface area is 174 Å². The number of piperazine rings is 1. The molecule has 0 aromatic heterocycles. The van der Waals surface area contributed by atoms with Crippen molar-refractivity contribution < 1.29 is 19.1 Å². The molecule has 1 saturated carbocycles. The van der Waals surface area contributed by atoms with E-state index in [1.807, 2.05) is 41.0 Å². The molecule has 1 unspecified atom stereocenters. The summed E-state index contributed by atoms with van der Waals surface area (Å²) in [5, 5.41) is 0. The highest BCUT2D eigenvalue weighted by atomic mass is 16.5. The lowest BCUT2D eigenvalue weighted by Crippen LogP contribution is -2.53. The zero-order chi connectivity index (χ0) is 20.6. The van der Waals surface area contributed by atoms with Crippen LogP contribution in [0.25, 0.3) is 0 Å². The van der Waals surface area contributed by atoms with E-state index < -0.39 is 0 Å². The number of nitrogens with zero attached hydrogens (tertiary/aromatic N) is 2. The minimum Gasteiger partial charge on any atom is -0.497 e. The lowest BCUT2D eigenvalue weighted by atomic mass is 10.1. The van der Waals surface area contributed by atoms with Gasteiger partial charge in [0.25, 0.3) is 5.91 Å². The third-order valence-corrected chi connectivity index (χ3v) is 6.04. The van der Waals surface area contributed by atoms with Gasteiger partial charge >= 0.3 is 0 Å². The van der Waals surface area contributed by atoms with Crippen molar-refractivity contribution in [2.75, 3.05) is 33.3 Å². The molecule has 1 aromatic rings. The van der Waals surface area contributed by atoms with Crippen molar-refractivity contribution >= 4 is 11.8 Å². The highest BCUT2D eigenvalue weighted by Gasteiger charge is 2.30. The largest absolute Gasteiger partial charge is 0.497 e. The Morgan fingerprint density at radius 3 is 2.24 bits per heavy atom. The number of carbonyl (C=O) groups is 2. The van der Waals surface area contributed by atoms with Crippen molar-refractivity contribution in [3.63, 3.8) is 0 Å². The highest BCUT2D eigenvalue weighted by molar-refractivity contribution is 5.81. The first kappa shape index (κ1) is 21.6. The van der Waals surface area contributed by atoms with Crippen molar-refractivity contribution in [1.29, 1.82) is 0 Å². The van der Waals surface area contributed by atoms with Gasteiger partial charge < -0.3 is 19.3 Å². The van der Waals surface area contributed by atoms with Gasteiger partial charge in [0, 0.05) is 32.6 Å². The number of benzene rings is 1. The van der Waals surface area contributed by atoms with Crippen LogP contribution in [0.15, 0.2) is 24.3 Å². The fourth-order valence-corrected chi connectivity index (χ4v) is 4.17. The summed E-state index contributed by atoms with van der Waals surface area (Å²) in [5.41, 5.74) is 1.13. The van der Waals surface area contributed by atoms with Gasteiger partial charge in [0.1, 0.15) is 11.9 Å². The monoisotopic (exact) mass is 402 g/mol. The van der Waals surface area contributed by atoms with Crippen LogP contribution in [0.3, 0.4) is 0 Å². The number of ether oxygens (including phenoxy) is 2. The predicted octanol–water partition coefficient (Wildman–Crippen LogP) is 3.04. The van der Waals surface area contributed by atoms with Gasteiger partial charge in [-0.05, 0) is 43.4 Å². The Hall–Kier alpha value is -2.08. The lowest BCUT2D eigenvalue weighted by Gasteiger charge is -2.36. The van der Waals surface area contributed by atoms with Crippen molar-refractivity contribution in [2.24, 2.45) is 0 Å². The molecule has 1 heterocycles. The Bertz CT molecular complexity index is 662. The van der Waals surface area contributed by atoms with Gasteiger partial charge in [-0.3, -0.25) is 9.59 Å². The van der Waals surface area contributed by atoms with Gasteiger partial charge in [0.15, 0.2) is 0 Å². The maximum Gasteiger partial charge on any atom is 0.251 e. The Morgan fingerprint density at radius 2 is 1.66 bits per heavy atom. The molecule has 2 fully saturated rings. The topological polar surface area (TPSA) is 59.1 Å². The van der Waals surface area contributed by atoms with Crippen LogP contribution in [0.2, 0.25) is 0 Å². The fraction of sp³-hybridized carbons (Fsp3) is 0.652. The molecule has 3 rings (SSSR count). The van der Waals surface area contributed by atoms with Crippen molar-refractivity contribution in [3.05, 3.63) is 29.8 Å². The lowest BCUT2D eigenvalue weighted by molar-refractivity contribution is -0.151. The molecule has 2 amide bonds. The second-order valence-corrected chi connectivity index (χ2v) is 7.99. The molecule has 0 radical (unpaired) electrons. The van der Waals surface area contributed by atoms with Crippen molar-refractivity contribution in [2.45, 2.75) is 64.1 Å². The van der Waals surface area contributed by atoms with E-state index in [0.29, 0.717) is 39.0 Å². The summed E-state index contributed by atoms with van der Waals surface area (Å²) in [6.45, 7) is 4.41. The highest BCUT2D eigenvalue weighted by Crippen LogP contribution is 2.24. The maximum atomic E-state index is 12.8. The summed E-state index contributed by atoms with van der Waals surface area (Å²) in [6.07, 6.45) is 6.36. The van der Waals surface area contributed by atoms with Gasteiger partial charge in [-0.2, -0.15) is 0 Å². The van der Waals surface area contributed by atoms with Crippen LogP contribution in [-0.4, -0.2) is 67.1 Å². The van der Waals surface area contributed by atoms with Gasteiger partial charge in [-0.1, -0.05) is 31.9 Å². The number of aryl methyl sites for hydroxylation is 1. The van der Waals surface area contributed by atoms with E-state index in [1.54, 1.807) is 7.11 Å². The van der Waals surface area contributed by atoms with Crippen molar-refractivity contribution in [3.8, 4) is 5.75 Å². The molecule has 2 aliphatic rings. The molecule has 1 saturated heterocycles. The summed E-state index contributed by atoms with van der Waals surface area (Å²) in [7, 11) is 1.65. The van der Waals surface area contributed by atoms with E-state index in [2.05, 4.69) is 0 Å². The van der Waals surface area contributed by atoms with Crippen LogP contribution < -0.4 is 4.74 Å². The Morgan fingerprint density at radius 1 is 1.03 bits per heavy atom. The predicted molar refractivity (Wildman–Crippen MR) is 112 cm³/mol. The average molecular weight is 403 g/mol. The summed E-state index contributed by atoms with van der Waals surface area (Å²) in [6, 6.07) is 7.83. The molecule has 29 heavy (non-hydrogen) atoms. The number of amides is 2. The molecular weight excluding hydrogens is 368 g/mol. The molecule has 1 aliphatic heterocycles. The smallest absolute Gasteiger partial charge is 0.251 e. The number of hydrogen-bond donors (Lipinski definition) is 0. The zero-order valence-electron chi connectivity index (χ0n) is 17.8. The summed E-state index contributed by atoms with van der Waals surface area (Å²) >= 11 is 0. The quantitative estimate of drug-likeness (QED) is 0.671. The third-order valence-electron chi connectivity index (χ3n) is 6.04. The first-order valence-corrected chi connectivity index (χ1v) is 11.0. The van der Waals surface area contributed by atoms with Crippen LogP contribution in [0, 0.1) is 0 Å². The fourth-order valence-electron chi connectivity index (χ4n) is 4.17. The SMILES string of the molecule is CCC(OC1CCCC1)C(=O)N1CCN(C(=O)CCc2ccc(OC)cc2)CC1. The van der Waals surface area contributed by atoms with Gasteiger partial charge in [-0.15, -0.1) is 0 Å². The van der Waals surface area contributed by atoms with E-state index in [9.17, 15) is 9.59 Å². The first-order valence-electron chi connectivity index (χ1n) is 11.0. The van der Waals surface area contributed by atoms with E-state index in [1.165, 1.54) is 12.8 Å². The number of carbonyl (C=O) groups excluding carboxylic acids is 2. The molecule has 1 aliphatic carbocycles. The van der Waals surface area contributed by atoms with E-state index in [-0.39, 0.29) is 24.0 Å². The number of hydrogen-bond acceptors (Lipinski definition) is 4. The molecule has 1 atom stereocenters. The molecule has 0 N–H and O–H groups in total. The number of rotatable bonds is 8. The molecule has 6 heteroatoms. The number of methoxy groups -OCH3 is 1. The molecule has 160 valence electrons. The zero-order valence-corrected chi connectivity index (χ0v) is 17.8. The normalized spacial score (nSPS) is 18.7. The van der Waals surface area contributed by atoms with Crippen LogP contribution in [0.1, 0.15) is 51.0 Å². The van der Waals surface area contributed by atoms with E-state index in [0.717, 1.165) is 30.6 Å². The minimum absolute atomic E-state index is 0.0877. The maximum absolute atomic E-state index is 12.8. The molecular formula is C23H34N2O4. The molecule has 6 nitrogen and oxygen atoms in total. The van der Waals surface area contributed by atoms with Crippen molar-refractivity contribution in [1.82, 2.24) is 9.80 Å². The van der Waals surface area contributed by atoms with Gasteiger partial charge in [-0.25, -0.2) is 0 Å². The van der Waals surface area contributed by atoms with Crippen LogP contribution >= 0.6 is 0 Å². The second kappa shape index (κ2) is 10.6.